The first-order valence-electron chi connectivity index (χ1n) is 7.94. The predicted molar refractivity (Wildman–Crippen MR) is 94.0 cm³/mol. The second kappa shape index (κ2) is 5.40. The molecule has 2 aromatic carbocycles. The van der Waals surface area contributed by atoms with E-state index in [4.69, 9.17) is 0 Å². The number of hydrogen-bond acceptors (Lipinski definition) is 1. The fraction of sp³-hybridized carbons (Fsp3) is 0.333. The van der Waals surface area contributed by atoms with Crippen LogP contribution in [0.5, 0.6) is 0 Å². The molecule has 0 saturated heterocycles. The van der Waals surface area contributed by atoms with Gasteiger partial charge in [-0.15, -0.1) is 0 Å². The summed E-state index contributed by atoms with van der Waals surface area (Å²) in [6, 6.07) is 12.7. The molecular formula is C21H24O. The van der Waals surface area contributed by atoms with Gasteiger partial charge in [-0.3, -0.25) is 0 Å². The van der Waals surface area contributed by atoms with Crippen LogP contribution in [-0.4, -0.2) is 5.11 Å². The van der Waals surface area contributed by atoms with E-state index in [1.54, 1.807) is 0 Å². The van der Waals surface area contributed by atoms with E-state index in [2.05, 4.69) is 82.3 Å². The maximum Gasteiger partial charge on any atom is 0.0847 e. The second-order valence-corrected chi connectivity index (χ2v) is 7.33. The lowest BCUT2D eigenvalue weighted by atomic mass is 9.78. The highest BCUT2D eigenvalue weighted by atomic mass is 16.3. The normalized spacial score (nSPS) is 19.5. The molecule has 1 aliphatic carbocycles. The molecule has 0 heterocycles. The molecule has 1 heteroatoms. The summed E-state index contributed by atoms with van der Waals surface area (Å²) in [6.45, 7) is 8.44. The summed E-state index contributed by atoms with van der Waals surface area (Å²) in [5.41, 5.74) is 3.44. The van der Waals surface area contributed by atoms with Gasteiger partial charge in [0.05, 0.1) is 6.10 Å². The topological polar surface area (TPSA) is 20.2 Å². The minimum Gasteiger partial charge on any atom is -0.388 e. The molecule has 0 aliphatic heterocycles. The molecule has 0 amide bonds. The van der Waals surface area contributed by atoms with Crippen LogP contribution in [0.1, 0.15) is 50.8 Å². The third kappa shape index (κ3) is 2.50. The number of allylic oxidation sites excluding steroid dienone is 4. The van der Waals surface area contributed by atoms with Crippen LogP contribution in [0.4, 0.5) is 0 Å². The van der Waals surface area contributed by atoms with Gasteiger partial charge < -0.3 is 5.11 Å². The number of rotatable bonds is 2. The average molecular weight is 292 g/mol. The van der Waals surface area contributed by atoms with Gasteiger partial charge in [0.15, 0.2) is 0 Å². The van der Waals surface area contributed by atoms with Gasteiger partial charge in [-0.1, -0.05) is 81.0 Å². The van der Waals surface area contributed by atoms with Crippen molar-refractivity contribution in [3.05, 3.63) is 71.3 Å². The molecule has 1 nitrogen and oxygen atoms in total. The van der Waals surface area contributed by atoms with Gasteiger partial charge in [-0.2, -0.15) is 0 Å². The largest absolute Gasteiger partial charge is 0.388 e. The highest BCUT2D eigenvalue weighted by molar-refractivity contribution is 5.87. The number of aliphatic hydroxyl groups is 1. The van der Waals surface area contributed by atoms with E-state index in [0.717, 1.165) is 10.9 Å². The summed E-state index contributed by atoms with van der Waals surface area (Å²) in [5.74, 6) is 0.275. The molecule has 2 unspecified atom stereocenters. The van der Waals surface area contributed by atoms with Gasteiger partial charge in [-0.25, -0.2) is 0 Å². The predicted octanol–water partition coefficient (Wildman–Crippen LogP) is 5.52. The first-order chi connectivity index (χ1) is 10.4. The number of aliphatic hydroxyl groups excluding tert-OH is 1. The Hall–Kier alpha value is -1.86. The van der Waals surface area contributed by atoms with Crippen molar-refractivity contribution in [1.82, 2.24) is 0 Å². The first kappa shape index (κ1) is 15.1. The lowest BCUT2D eigenvalue weighted by Gasteiger charge is -2.30. The molecule has 2 aromatic rings. The molecule has 22 heavy (non-hydrogen) atoms. The van der Waals surface area contributed by atoms with Crippen LogP contribution < -0.4 is 0 Å². The van der Waals surface area contributed by atoms with Gasteiger partial charge >= 0.3 is 0 Å². The molecule has 0 fully saturated rings. The van der Waals surface area contributed by atoms with Crippen molar-refractivity contribution < 1.29 is 5.11 Å². The van der Waals surface area contributed by atoms with Crippen LogP contribution in [0.2, 0.25) is 0 Å². The monoisotopic (exact) mass is 292 g/mol. The summed E-state index contributed by atoms with van der Waals surface area (Å²) in [4.78, 5) is 0. The molecule has 0 bridgehead atoms. The summed E-state index contributed by atoms with van der Waals surface area (Å²) in [5, 5.41) is 13.4. The maximum atomic E-state index is 11.0. The van der Waals surface area contributed by atoms with Crippen LogP contribution in [-0.2, 0) is 0 Å². The summed E-state index contributed by atoms with van der Waals surface area (Å²) in [6.07, 6.45) is 6.00. The molecule has 0 radical (unpaired) electrons. The fourth-order valence-corrected chi connectivity index (χ4v) is 3.24. The Morgan fingerprint density at radius 3 is 2.41 bits per heavy atom. The summed E-state index contributed by atoms with van der Waals surface area (Å²) < 4.78 is 0. The van der Waals surface area contributed by atoms with E-state index in [9.17, 15) is 5.11 Å². The molecule has 2 atom stereocenters. The number of hydrogen-bond donors (Lipinski definition) is 1. The number of benzene rings is 2. The van der Waals surface area contributed by atoms with Crippen LogP contribution in [0.15, 0.2) is 60.2 Å². The molecule has 3 rings (SSSR count). The van der Waals surface area contributed by atoms with E-state index in [-0.39, 0.29) is 11.3 Å². The molecule has 1 aliphatic rings. The Morgan fingerprint density at radius 2 is 1.77 bits per heavy atom. The Kier molecular flexibility index (Phi) is 3.70. The minimum atomic E-state index is -0.490. The molecule has 0 aromatic heterocycles. The lowest BCUT2D eigenvalue weighted by molar-refractivity contribution is 0.0631. The van der Waals surface area contributed by atoms with Crippen molar-refractivity contribution >= 4 is 10.8 Å². The zero-order valence-corrected chi connectivity index (χ0v) is 13.8. The van der Waals surface area contributed by atoms with Crippen molar-refractivity contribution in [2.45, 2.75) is 39.7 Å². The quantitative estimate of drug-likeness (QED) is 0.772. The Labute approximate surface area is 133 Å². The smallest absolute Gasteiger partial charge is 0.0847 e. The van der Waals surface area contributed by atoms with E-state index >= 15 is 0 Å². The van der Waals surface area contributed by atoms with Crippen LogP contribution in [0, 0.1) is 5.41 Å². The third-order valence-electron chi connectivity index (χ3n) is 4.59. The van der Waals surface area contributed by atoms with Crippen molar-refractivity contribution in [1.29, 1.82) is 0 Å². The van der Waals surface area contributed by atoms with Crippen molar-refractivity contribution in [3.63, 3.8) is 0 Å². The van der Waals surface area contributed by atoms with Crippen LogP contribution in [0.3, 0.4) is 0 Å². The second-order valence-electron chi connectivity index (χ2n) is 7.33. The van der Waals surface area contributed by atoms with Crippen molar-refractivity contribution in [3.8, 4) is 0 Å². The van der Waals surface area contributed by atoms with E-state index in [0.29, 0.717) is 0 Å². The van der Waals surface area contributed by atoms with Crippen molar-refractivity contribution in [2.75, 3.05) is 0 Å². The molecular weight excluding hydrogens is 268 g/mol. The van der Waals surface area contributed by atoms with Crippen LogP contribution >= 0.6 is 0 Å². The average Bonchev–Trinajstić information content (AvgIpc) is 2.90. The highest BCUT2D eigenvalue weighted by Crippen LogP contribution is 2.43. The molecule has 0 saturated carbocycles. The Bertz CT molecular complexity index is 759. The standard InChI is InChI=1S/C21H24O/c1-14-8-7-11-16(14)18-13-12-15-9-5-6-10-17(15)19(18)20(22)21(2,3)4/h5-13,16,20,22H,1-4H3. The maximum absolute atomic E-state index is 11.0. The molecule has 0 spiro atoms. The van der Waals surface area contributed by atoms with Crippen LogP contribution in [0.25, 0.3) is 10.8 Å². The first-order valence-corrected chi connectivity index (χ1v) is 7.94. The van der Waals surface area contributed by atoms with Crippen molar-refractivity contribution in [2.24, 2.45) is 5.41 Å². The van der Waals surface area contributed by atoms with E-state index in [1.165, 1.54) is 16.5 Å². The lowest BCUT2D eigenvalue weighted by Crippen LogP contribution is -2.20. The minimum absolute atomic E-state index is 0.196. The molecule has 1 N–H and O–H groups in total. The van der Waals surface area contributed by atoms with Gasteiger partial charge in [0, 0.05) is 5.92 Å². The fourth-order valence-electron chi connectivity index (χ4n) is 3.24. The highest BCUT2D eigenvalue weighted by Gasteiger charge is 2.30. The number of fused-ring (bicyclic) bond motifs is 1. The SMILES string of the molecule is CC1=CC=CC1c1ccc2ccccc2c1C(O)C(C)(C)C. The molecule has 114 valence electrons. The van der Waals surface area contributed by atoms with Gasteiger partial charge in [0.25, 0.3) is 0 Å². The van der Waals surface area contributed by atoms with Gasteiger partial charge in [0.1, 0.15) is 0 Å². The van der Waals surface area contributed by atoms with Gasteiger partial charge in [-0.05, 0) is 34.2 Å². The summed E-state index contributed by atoms with van der Waals surface area (Å²) >= 11 is 0. The van der Waals surface area contributed by atoms with Gasteiger partial charge in [0.2, 0.25) is 0 Å². The Morgan fingerprint density at radius 1 is 1.05 bits per heavy atom. The Balaban J connectivity index is 2.28. The zero-order valence-electron chi connectivity index (χ0n) is 13.8. The van der Waals surface area contributed by atoms with E-state index < -0.39 is 6.10 Å². The van der Waals surface area contributed by atoms with E-state index in [1.807, 2.05) is 0 Å². The zero-order chi connectivity index (χ0) is 15.9. The third-order valence-corrected chi connectivity index (χ3v) is 4.59. The summed E-state index contributed by atoms with van der Waals surface area (Å²) in [7, 11) is 0.